The Hall–Kier alpha value is -1.35. The molecule has 1 atom stereocenters. The maximum atomic E-state index is 10.7. The number of nitrogens with zero attached hydrogens (tertiary/aromatic N) is 1. The largest absolute Gasteiger partial charge is 0.480 e. The van der Waals surface area contributed by atoms with Crippen LogP contribution in [0.2, 0.25) is 0 Å². The summed E-state index contributed by atoms with van der Waals surface area (Å²) < 4.78 is 0. The van der Waals surface area contributed by atoms with Crippen molar-refractivity contribution >= 4 is 5.97 Å². The van der Waals surface area contributed by atoms with E-state index in [1.165, 1.54) is 16.7 Å². The highest BCUT2D eigenvalue weighted by Gasteiger charge is 2.24. The van der Waals surface area contributed by atoms with Crippen molar-refractivity contribution in [2.24, 2.45) is 0 Å². The number of benzene rings is 1. The Kier molecular flexibility index (Phi) is 2.97. The Morgan fingerprint density at radius 2 is 2.31 bits per heavy atom. The van der Waals surface area contributed by atoms with Crippen LogP contribution < -0.4 is 0 Å². The van der Waals surface area contributed by atoms with Gasteiger partial charge in [0.2, 0.25) is 0 Å². The predicted molar refractivity (Wildman–Crippen MR) is 62.5 cm³/mol. The van der Waals surface area contributed by atoms with Gasteiger partial charge in [0.25, 0.3) is 0 Å². The number of hydrogen-bond acceptors (Lipinski definition) is 2. The van der Waals surface area contributed by atoms with Gasteiger partial charge in [-0.05, 0) is 31.4 Å². The van der Waals surface area contributed by atoms with Gasteiger partial charge in [0.05, 0.1) is 6.54 Å². The Bertz CT molecular complexity index is 414. The summed E-state index contributed by atoms with van der Waals surface area (Å²) in [6.07, 6.45) is 0.953. The summed E-state index contributed by atoms with van der Waals surface area (Å²) in [5.74, 6) is -0.748. The van der Waals surface area contributed by atoms with Crippen molar-refractivity contribution in [1.82, 2.24) is 4.90 Å². The number of hydrogen-bond donors (Lipinski definition) is 1. The zero-order chi connectivity index (χ0) is 11.7. The highest BCUT2D eigenvalue weighted by atomic mass is 16.4. The summed E-state index contributed by atoms with van der Waals surface area (Å²) in [4.78, 5) is 12.8. The van der Waals surface area contributed by atoms with E-state index in [-0.39, 0.29) is 12.6 Å². The normalized spacial score (nSPS) is 20.5. The zero-order valence-electron chi connectivity index (χ0n) is 9.73. The molecule has 0 aromatic heterocycles. The van der Waals surface area contributed by atoms with Gasteiger partial charge < -0.3 is 5.11 Å². The van der Waals surface area contributed by atoms with Gasteiger partial charge in [-0.2, -0.15) is 0 Å². The van der Waals surface area contributed by atoms with Crippen molar-refractivity contribution in [3.05, 3.63) is 34.9 Å². The first-order chi connectivity index (χ1) is 7.58. The molecule has 1 aliphatic heterocycles. The minimum atomic E-state index is -0.748. The third kappa shape index (κ3) is 2.09. The molecule has 0 aliphatic carbocycles. The van der Waals surface area contributed by atoms with E-state index < -0.39 is 5.97 Å². The molecular weight excluding hydrogens is 202 g/mol. The minimum Gasteiger partial charge on any atom is -0.480 e. The van der Waals surface area contributed by atoms with Gasteiger partial charge in [-0.3, -0.25) is 9.69 Å². The first-order valence-electron chi connectivity index (χ1n) is 5.63. The molecular formula is C13H17NO2. The number of carboxylic acid groups (broad SMARTS) is 1. The van der Waals surface area contributed by atoms with E-state index in [4.69, 9.17) is 5.11 Å². The minimum absolute atomic E-state index is 0.133. The van der Waals surface area contributed by atoms with Gasteiger partial charge in [0.1, 0.15) is 0 Å². The van der Waals surface area contributed by atoms with Crippen molar-refractivity contribution in [3.8, 4) is 0 Å². The van der Waals surface area contributed by atoms with Gasteiger partial charge in [-0.25, -0.2) is 0 Å². The molecule has 3 nitrogen and oxygen atoms in total. The van der Waals surface area contributed by atoms with Gasteiger partial charge in [-0.15, -0.1) is 0 Å². The SMILES string of the molecule is Cc1ccc2c(c1)CCN(CC(=O)O)C2C. The molecule has 1 unspecified atom stereocenters. The van der Waals surface area contributed by atoms with Crippen molar-refractivity contribution in [3.63, 3.8) is 0 Å². The fourth-order valence-corrected chi connectivity index (χ4v) is 2.40. The molecule has 2 rings (SSSR count). The number of fused-ring (bicyclic) bond motifs is 1. The van der Waals surface area contributed by atoms with Crippen LogP contribution in [-0.2, 0) is 11.2 Å². The maximum Gasteiger partial charge on any atom is 0.317 e. The number of carbonyl (C=O) groups is 1. The van der Waals surface area contributed by atoms with Crippen molar-refractivity contribution in [2.75, 3.05) is 13.1 Å². The van der Waals surface area contributed by atoms with E-state index in [1.807, 2.05) is 4.90 Å². The summed E-state index contributed by atoms with van der Waals surface area (Å²) in [7, 11) is 0. The van der Waals surface area contributed by atoms with E-state index in [2.05, 4.69) is 32.0 Å². The van der Waals surface area contributed by atoms with Gasteiger partial charge in [0.15, 0.2) is 0 Å². The van der Waals surface area contributed by atoms with E-state index in [9.17, 15) is 4.79 Å². The quantitative estimate of drug-likeness (QED) is 0.827. The predicted octanol–water partition coefficient (Wildman–Crippen LogP) is 2.00. The fourth-order valence-electron chi connectivity index (χ4n) is 2.40. The summed E-state index contributed by atoms with van der Waals surface area (Å²) >= 11 is 0. The molecule has 0 fully saturated rings. The van der Waals surface area contributed by atoms with Crippen molar-refractivity contribution < 1.29 is 9.90 Å². The van der Waals surface area contributed by atoms with Crippen LogP contribution in [-0.4, -0.2) is 29.1 Å². The van der Waals surface area contributed by atoms with E-state index >= 15 is 0 Å². The highest BCUT2D eigenvalue weighted by molar-refractivity contribution is 5.69. The highest BCUT2D eigenvalue weighted by Crippen LogP contribution is 2.29. The summed E-state index contributed by atoms with van der Waals surface area (Å²) in [5.41, 5.74) is 3.92. The second-order valence-electron chi connectivity index (χ2n) is 4.49. The topological polar surface area (TPSA) is 40.5 Å². The monoisotopic (exact) mass is 219 g/mol. The molecule has 1 aliphatic rings. The van der Waals surface area contributed by atoms with Crippen LogP contribution in [0.15, 0.2) is 18.2 Å². The molecule has 0 radical (unpaired) electrons. The van der Waals surface area contributed by atoms with Crippen molar-refractivity contribution in [1.29, 1.82) is 0 Å². The summed E-state index contributed by atoms with van der Waals surface area (Å²) in [6, 6.07) is 6.65. The second-order valence-corrected chi connectivity index (χ2v) is 4.49. The number of carboxylic acids is 1. The smallest absolute Gasteiger partial charge is 0.317 e. The van der Waals surface area contributed by atoms with Gasteiger partial charge in [0, 0.05) is 12.6 Å². The average Bonchev–Trinajstić information content (AvgIpc) is 2.22. The lowest BCUT2D eigenvalue weighted by Gasteiger charge is -2.34. The molecule has 86 valence electrons. The van der Waals surface area contributed by atoms with Crippen LogP contribution in [0.4, 0.5) is 0 Å². The molecule has 1 aromatic rings. The number of aliphatic carboxylic acids is 1. The standard InChI is InChI=1S/C13H17NO2/c1-9-3-4-12-10(2)14(8-13(15)16)6-5-11(12)7-9/h3-4,7,10H,5-6,8H2,1-2H3,(H,15,16). The molecule has 0 bridgehead atoms. The molecule has 3 heteroatoms. The van der Waals surface area contributed by atoms with Crippen LogP contribution in [0.5, 0.6) is 0 Å². The Labute approximate surface area is 95.7 Å². The van der Waals surface area contributed by atoms with Crippen molar-refractivity contribution in [2.45, 2.75) is 26.3 Å². The molecule has 0 saturated heterocycles. The summed E-state index contributed by atoms with van der Waals surface area (Å²) in [5, 5.41) is 8.83. The molecule has 0 amide bonds. The second kappa shape index (κ2) is 4.26. The fraction of sp³-hybridized carbons (Fsp3) is 0.462. The number of aryl methyl sites for hydroxylation is 1. The first kappa shape index (κ1) is 11.1. The maximum absolute atomic E-state index is 10.7. The lowest BCUT2D eigenvalue weighted by atomic mass is 9.92. The molecule has 1 N–H and O–H groups in total. The molecule has 0 spiro atoms. The van der Waals surface area contributed by atoms with Crippen LogP contribution >= 0.6 is 0 Å². The zero-order valence-corrected chi connectivity index (χ0v) is 9.73. The third-order valence-electron chi connectivity index (χ3n) is 3.30. The lowest BCUT2D eigenvalue weighted by molar-refractivity contribution is -0.139. The average molecular weight is 219 g/mol. The Morgan fingerprint density at radius 3 is 3.00 bits per heavy atom. The molecule has 1 heterocycles. The van der Waals surface area contributed by atoms with Crippen LogP contribution in [0.1, 0.15) is 29.7 Å². The Balaban J connectivity index is 2.25. The third-order valence-corrected chi connectivity index (χ3v) is 3.30. The summed E-state index contributed by atoms with van der Waals surface area (Å²) in [6.45, 7) is 5.14. The molecule has 16 heavy (non-hydrogen) atoms. The van der Waals surface area contributed by atoms with Crippen LogP contribution in [0.25, 0.3) is 0 Å². The first-order valence-corrected chi connectivity index (χ1v) is 5.63. The van der Waals surface area contributed by atoms with E-state index in [0.717, 1.165) is 13.0 Å². The molecule has 0 saturated carbocycles. The van der Waals surface area contributed by atoms with Gasteiger partial charge >= 0.3 is 5.97 Å². The van der Waals surface area contributed by atoms with Crippen LogP contribution in [0.3, 0.4) is 0 Å². The van der Waals surface area contributed by atoms with Gasteiger partial charge in [-0.1, -0.05) is 23.8 Å². The van der Waals surface area contributed by atoms with Crippen LogP contribution in [0, 0.1) is 6.92 Å². The number of rotatable bonds is 2. The Morgan fingerprint density at radius 1 is 1.56 bits per heavy atom. The molecule has 1 aromatic carbocycles. The lowest BCUT2D eigenvalue weighted by Crippen LogP contribution is -2.37. The van der Waals surface area contributed by atoms with E-state index in [0.29, 0.717) is 0 Å². The van der Waals surface area contributed by atoms with E-state index in [1.54, 1.807) is 0 Å².